The Kier molecular flexibility index (Phi) is 7.02. The molecule has 3 atom stereocenters. The van der Waals surface area contributed by atoms with E-state index >= 15 is 0 Å². The van der Waals surface area contributed by atoms with E-state index < -0.39 is 12.2 Å². The molecule has 3 heterocycles. The zero-order valence-corrected chi connectivity index (χ0v) is 17.1. The Labute approximate surface area is 173 Å². The van der Waals surface area contributed by atoms with Gasteiger partial charge in [-0.15, -0.1) is 0 Å². The molecule has 1 amide bonds. The van der Waals surface area contributed by atoms with E-state index in [0.717, 1.165) is 58.8 Å². The number of benzene rings is 1. The average Bonchev–Trinajstić information content (AvgIpc) is 2.79. The number of hydrogen-bond acceptors (Lipinski definition) is 6. The van der Waals surface area contributed by atoms with Crippen LogP contribution in [0.15, 0.2) is 30.3 Å². The number of aliphatic hydroxyl groups excluding tert-OH is 1. The van der Waals surface area contributed by atoms with Crippen LogP contribution in [0.2, 0.25) is 0 Å². The van der Waals surface area contributed by atoms with Gasteiger partial charge in [-0.25, -0.2) is 0 Å². The second kappa shape index (κ2) is 9.89. The van der Waals surface area contributed by atoms with Crippen molar-refractivity contribution < 1.29 is 19.4 Å². The number of rotatable bonds is 5. The van der Waals surface area contributed by atoms with Gasteiger partial charge in [-0.3, -0.25) is 9.69 Å². The van der Waals surface area contributed by atoms with Crippen LogP contribution in [-0.4, -0.2) is 98.2 Å². The van der Waals surface area contributed by atoms with E-state index in [0.29, 0.717) is 19.5 Å². The minimum atomic E-state index is -0.721. The van der Waals surface area contributed by atoms with Crippen molar-refractivity contribution in [3.63, 3.8) is 0 Å². The number of hydrogen-bond donors (Lipinski definition) is 1. The van der Waals surface area contributed by atoms with Crippen LogP contribution in [0.1, 0.15) is 19.3 Å². The molecule has 0 bridgehead atoms. The molecule has 0 saturated carbocycles. The van der Waals surface area contributed by atoms with Crippen LogP contribution in [0.3, 0.4) is 0 Å². The molecule has 1 aromatic carbocycles. The van der Waals surface area contributed by atoms with Crippen molar-refractivity contribution in [1.82, 2.24) is 9.80 Å². The third kappa shape index (κ3) is 5.28. The van der Waals surface area contributed by atoms with Gasteiger partial charge in [0, 0.05) is 51.5 Å². The highest BCUT2D eigenvalue weighted by molar-refractivity contribution is 5.82. The molecular weight excluding hydrogens is 370 g/mol. The monoisotopic (exact) mass is 403 g/mol. The van der Waals surface area contributed by atoms with Gasteiger partial charge in [0.1, 0.15) is 0 Å². The predicted octanol–water partition coefficient (Wildman–Crippen LogP) is 0.966. The lowest BCUT2D eigenvalue weighted by Crippen LogP contribution is -2.56. The molecule has 0 aliphatic carbocycles. The summed E-state index contributed by atoms with van der Waals surface area (Å²) in [6.45, 7) is 7.41. The van der Waals surface area contributed by atoms with Crippen molar-refractivity contribution in [2.45, 2.75) is 37.6 Å². The summed E-state index contributed by atoms with van der Waals surface area (Å²) in [6, 6.07) is 10.3. The largest absolute Gasteiger partial charge is 0.390 e. The molecule has 0 aromatic heterocycles. The van der Waals surface area contributed by atoms with Gasteiger partial charge < -0.3 is 24.4 Å². The van der Waals surface area contributed by atoms with E-state index in [9.17, 15) is 9.90 Å². The predicted molar refractivity (Wildman–Crippen MR) is 111 cm³/mol. The van der Waals surface area contributed by atoms with Crippen molar-refractivity contribution >= 4 is 11.6 Å². The molecule has 0 radical (unpaired) electrons. The first kappa shape index (κ1) is 20.6. The highest BCUT2D eigenvalue weighted by atomic mass is 16.5. The molecule has 0 unspecified atom stereocenters. The van der Waals surface area contributed by atoms with Crippen LogP contribution in [-0.2, 0) is 14.3 Å². The van der Waals surface area contributed by atoms with Crippen molar-refractivity contribution in [2.75, 3.05) is 63.9 Å². The highest BCUT2D eigenvalue weighted by Crippen LogP contribution is 2.25. The van der Waals surface area contributed by atoms with Gasteiger partial charge in [0.2, 0.25) is 0 Å². The SMILES string of the molecule is O=C([C@H]1O[C@H](CCN2CCOCC2)CC[C@@H]1O)N1CCN(c2ccccc2)CC1. The number of carbonyl (C=O) groups excluding carboxylic acids is 1. The number of para-hydroxylation sites is 1. The Balaban J connectivity index is 1.27. The molecule has 3 fully saturated rings. The van der Waals surface area contributed by atoms with Gasteiger partial charge in [-0.2, -0.15) is 0 Å². The van der Waals surface area contributed by atoms with E-state index in [2.05, 4.69) is 21.9 Å². The number of aliphatic hydroxyl groups is 1. The summed E-state index contributed by atoms with van der Waals surface area (Å²) >= 11 is 0. The van der Waals surface area contributed by atoms with Gasteiger partial charge in [-0.05, 0) is 31.4 Å². The summed E-state index contributed by atoms with van der Waals surface area (Å²) < 4.78 is 11.5. The third-order valence-electron chi connectivity index (χ3n) is 6.30. The van der Waals surface area contributed by atoms with E-state index in [4.69, 9.17) is 9.47 Å². The van der Waals surface area contributed by atoms with E-state index in [-0.39, 0.29) is 12.0 Å². The maximum Gasteiger partial charge on any atom is 0.254 e. The van der Waals surface area contributed by atoms with Crippen molar-refractivity contribution in [3.8, 4) is 0 Å². The van der Waals surface area contributed by atoms with Crippen molar-refractivity contribution in [1.29, 1.82) is 0 Å². The van der Waals surface area contributed by atoms with Gasteiger partial charge >= 0.3 is 0 Å². The molecule has 1 N–H and O–H groups in total. The van der Waals surface area contributed by atoms with Crippen LogP contribution in [0.5, 0.6) is 0 Å². The minimum absolute atomic E-state index is 0.0424. The van der Waals surface area contributed by atoms with Crippen LogP contribution < -0.4 is 4.90 Å². The Bertz CT molecular complexity index is 645. The summed E-state index contributed by atoms with van der Waals surface area (Å²) in [5, 5.41) is 10.4. The molecule has 7 nitrogen and oxygen atoms in total. The fourth-order valence-corrected chi connectivity index (χ4v) is 4.46. The number of carbonyl (C=O) groups is 1. The van der Waals surface area contributed by atoms with E-state index in [1.54, 1.807) is 0 Å². The number of ether oxygens (including phenoxy) is 2. The summed E-state index contributed by atoms with van der Waals surface area (Å²) in [5.41, 5.74) is 1.19. The Morgan fingerprint density at radius 2 is 1.72 bits per heavy atom. The molecule has 1 aromatic rings. The molecule has 0 spiro atoms. The molecule has 4 rings (SSSR count). The minimum Gasteiger partial charge on any atom is -0.390 e. The zero-order chi connectivity index (χ0) is 20.1. The van der Waals surface area contributed by atoms with E-state index in [1.165, 1.54) is 5.69 Å². The van der Waals surface area contributed by atoms with Gasteiger partial charge in [-0.1, -0.05) is 18.2 Å². The highest BCUT2D eigenvalue weighted by Gasteiger charge is 2.38. The number of anilines is 1. The summed E-state index contributed by atoms with van der Waals surface area (Å²) in [7, 11) is 0. The zero-order valence-electron chi connectivity index (χ0n) is 17.1. The van der Waals surface area contributed by atoms with Crippen molar-refractivity contribution in [3.05, 3.63) is 30.3 Å². The standard InChI is InChI=1S/C22H33N3O4/c26-20-7-6-19(8-9-23-14-16-28-17-15-23)29-21(20)22(27)25-12-10-24(11-13-25)18-4-2-1-3-5-18/h1-5,19-21,26H,6-17H2/t19-,20-,21-/m0/s1. The first-order chi connectivity index (χ1) is 14.2. The van der Waals surface area contributed by atoms with Crippen LogP contribution in [0, 0.1) is 0 Å². The van der Waals surface area contributed by atoms with Gasteiger partial charge in [0.25, 0.3) is 5.91 Å². The number of morpholine rings is 1. The second-order valence-electron chi connectivity index (χ2n) is 8.21. The lowest BCUT2D eigenvalue weighted by Gasteiger charge is -2.40. The average molecular weight is 404 g/mol. The Morgan fingerprint density at radius 3 is 2.45 bits per heavy atom. The maximum atomic E-state index is 13.1. The Morgan fingerprint density at radius 1 is 1.00 bits per heavy atom. The molecule has 160 valence electrons. The molecule has 7 heteroatoms. The molecule has 3 aliphatic rings. The van der Waals surface area contributed by atoms with Crippen LogP contribution in [0.4, 0.5) is 5.69 Å². The molecular formula is C22H33N3O4. The number of nitrogens with zero attached hydrogens (tertiary/aromatic N) is 3. The first-order valence-electron chi connectivity index (χ1n) is 10.9. The molecule has 3 aliphatic heterocycles. The van der Waals surface area contributed by atoms with Gasteiger partial charge in [0.05, 0.1) is 25.4 Å². The molecule has 3 saturated heterocycles. The van der Waals surface area contributed by atoms with Crippen LogP contribution >= 0.6 is 0 Å². The quantitative estimate of drug-likeness (QED) is 0.790. The third-order valence-corrected chi connectivity index (χ3v) is 6.30. The summed E-state index contributed by atoms with van der Waals surface area (Å²) in [5.74, 6) is -0.0544. The fraction of sp³-hybridized carbons (Fsp3) is 0.682. The van der Waals surface area contributed by atoms with Crippen LogP contribution in [0.25, 0.3) is 0 Å². The van der Waals surface area contributed by atoms with Gasteiger partial charge in [0.15, 0.2) is 6.10 Å². The second-order valence-corrected chi connectivity index (χ2v) is 8.21. The Hall–Kier alpha value is -1.67. The normalized spacial score (nSPS) is 29.1. The summed E-state index contributed by atoms with van der Waals surface area (Å²) in [6.07, 6.45) is 0.973. The maximum absolute atomic E-state index is 13.1. The smallest absolute Gasteiger partial charge is 0.254 e. The molecule has 29 heavy (non-hydrogen) atoms. The number of piperazine rings is 1. The number of amides is 1. The summed E-state index contributed by atoms with van der Waals surface area (Å²) in [4.78, 5) is 19.6. The first-order valence-corrected chi connectivity index (χ1v) is 10.9. The van der Waals surface area contributed by atoms with E-state index in [1.807, 2.05) is 23.1 Å². The fourth-order valence-electron chi connectivity index (χ4n) is 4.46. The lowest BCUT2D eigenvalue weighted by molar-refractivity contribution is -0.169. The lowest BCUT2D eigenvalue weighted by atomic mass is 9.98. The van der Waals surface area contributed by atoms with Crippen molar-refractivity contribution in [2.24, 2.45) is 0 Å². The topological polar surface area (TPSA) is 65.5 Å².